The summed E-state index contributed by atoms with van der Waals surface area (Å²) in [5.41, 5.74) is 1.02. The van der Waals surface area contributed by atoms with Crippen LogP contribution in [0.2, 0.25) is 0 Å². The Hall–Kier alpha value is -2.04. The molecule has 2 rings (SSSR count). The summed E-state index contributed by atoms with van der Waals surface area (Å²) >= 11 is 0. The van der Waals surface area contributed by atoms with Gasteiger partial charge in [0.25, 0.3) is 0 Å². The van der Waals surface area contributed by atoms with Gasteiger partial charge in [-0.1, -0.05) is 18.2 Å². The number of carboxylic acid groups (broad SMARTS) is 1. The van der Waals surface area contributed by atoms with E-state index in [0.29, 0.717) is 13.0 Å². The molecule has 0 aromatic heterocycles. The minimum atomic E-state index is -1.18. The first-order chi connectivity index (χ1) is 9.87. The molecule has 1 atom stereocenters. The number of aliphatic carboxylic acids is 1. The van der Waals surface area contributed by atoms with Crippen molar-refractivity contribution in [1.29, 1.82) is 0 Å². The number of carbonyl (C=O) groups excluding carboxylic acids is 1. The molecule has 1 aromatic rings. The second-order valence-corrected chi connectivity index (χ2v) is 5.87. The largest absolute Gasteiger partial charge is 0.480 e. The predicted octanol–water partition coefficient (Wildman–Crippen LogP) is 2.30. The quantitative estimate of drug-likeness (QED) is 0.873. The number of hydrogen-bond acceptors (Lipinski definition) is 3. The van der Waals surface area contributed by atoms with Crippen molar-refractivity contribution < 1.29 is 14.7 Å². The number of hydrogen-bond donors (Lipinski definition) is 2. The normalized spacial score (nSPS) is 17.0. The lowest BCUT2D eigenvalue weighted by atomic mass is 9.95. The van der Waals surface area contributed by atoms with Crippen LogP contribution < -0.4 is 5.32 Å². The number of rotatable bonds is 5. The molecule has 1 unspecified atom stereocenters. The minimum Gasteiger partial charge on any atom is -0.480 e. The summed E-state index contributed by atoms with van der Waals surface area (Å²) in [6.45, 7) is 6.05. The number of amides is 1. The predicted molar refractivity (Wildman–Crippen MR) is 81.4 cm³/mol. The van der Waals surface area contributed by atoms with E-state index in [0.717, 1.165) is 17.8 Å². The fraction of sp³-hybridized carbons (Fsp3) is 0.500. The maximum absolute atomic E-state index is 12.5. The molecule has 1 aromatic carbocycles. The summed E-state index contributed by atoms with van der Waals surface area (Å²) in [6.07, 6.45) is 0.328. The van der Waals surface area contributed by atoms with Gasteiger partial charge in [-0.25, -0.2) is 4.79 Å². The number of likely N-dealkylation sites (N-methyl/N-ethyl adjacent to an activating group) is 1. The zero-order valence-electron chi connectivity index (χ0n) is 12.7. The third kappa shape index (κ3) is 2.86. The van der Waals surface area contributed by atoms with Crippen LogP contribution in [0.5, 0.6) is 0 Å². The summed E-state index contributed by atoms with van der Waals surface area (Å²) < 4.78 is 0. The Balaban J connectivity index is 2.13. The van der Waals surface area contributed by atoms with Crippen molar-refractivity contribution in [2.45, 2.75) is 38.6 Å². The van der Waals surface area contributed by atoms with Crippen LogP contribution in [0.1, 0.15) is 38.7 Å². The summed E-state index contributed by atoms with van der Waals surface area (Å²) in [5.74, 6) is -0.997. The molecule has 1 aliphatic heterocycles. The fourth-order valence-electron chi connectivity index (χ4n) is 2.86. The van der Waals surface area contributed by atoms with E-state index in [2.05, 4.69) is 5.32 Å². The van der Waals surface area contributed by atoms with Crippen molar-refractivity contribution in [2.75, 3.05) is 18.4 Å². The molecular weight excluding hydrogens is 268 g/mol. The van der Waals surface area contributed by atoms with Gasteiger partial charge in [0.1, 0.15) is 5.54 Å². The van der Waals surface area contributed by atoms with Crippen LogP contribution in [0.3, 0.4) is 0 Å². The van der Waals surface area contributed by atoms with Crippen molar-refractivity contribution in [2.24, 2.45) is 0 Å². The Labute approximate surface area is 125 Å². The first kappa shape index (κ1) is 15.4. The third-order valence-electron chi connectivity index (χ3n) is 4.18. The van der Waals surface area contributed by atoms with E-state index in [1.54, 1.807) is 13.8 Å². The molecule has 114 valence electrons. The van der Waals surface area contributed by atoms with Gasteiger partial charge in [0.2, 0.25) is 5.91 Å². The number of carbonyl (C=O) groups is 2. The lowest BCUT2D eigenvalue weighted by Gasteiger charge is -2.35. The monoisotopic (exact) mass is 290 g/mol. The molecule has 1 aliphatic rings. The molecule has 1 amide bonds. The first-order valence-corrected chi connectivity index (χ1v) is 7.24. The summed E-state index contributed by atoms with van der Waals surface area (Å²) in [4.78, 5) is 25.3. The maximum atomic E-state index is 12.5. The van der Waals surface area contributed by atoms with Crippen LogP contribution in [-0.2, 0) is 9.59 Å². The van der Waals surface area contributed by atoms with E-state index in [4.69, 9.17) is 0 Å². The van der Waals surface area contributed by atoms with E-state index in [1.165, 1.54) is 4.90 Å². The van der Waals surface area contributed by atoms with Gasteiger partial charge >= 0.3 is 5.97 Å². The van der Waals surface area contributed by atoms with Crippen LogP contribution in [0.4, 0.5) is 5.69 Å². The zero-order valence-corrected chi connectivity index (χ0v) is 12.7. The Kier molecular flexibility index (Phi) is 4.21. The van der Waals surface area contributed by atoms with Crippen molar-refractivity contribution >= 4 is 17.6 Å². The number of benzene rings is 1. The first-order valence-electron chi connectivity index (χ1n) is 7.24. The molecule has 0 radical (unpaired) electrons. The standard InChI is InChI=1S/C16H22N2O3/c1-4-18(16(2,3)15(20)21)14(19)9-11-10-17-13-8-6-5-7-12(11)13/h5-8,11,17H,4,9-10H2,1-3H3,(H,20,21). The smallest absolute Gasteiger partial charge is 0.329 e. The molecular formula is C16H22N2O3. The fourth-order valence-corrected chi connectivity index (χ4v) is 2.86. The van der Waals surface area contributed by atoms with Gasteiger partial charge in [-0.15, -0.1) is 0 Å². The van der Waals surface area contributed by atoms with Gasteiger partial charge in [-0.2, -0.15) is 0 Å². The average Bonchev–Trinajstić information content (AvgIpc) is 2.82. The molecule has 2 N–H and O–H groups in total. The van der Waals surface area contributed by atoms with Crippen molar-refractivity contribution in [1.82, 2.24) is 4.90 Å². The average molecular weight is 290 g/mol. The summed E-state index contributed by atoms with van der Waals surface area (Å²) in [6, 6.07) is 7.94. The maximum Gasteiger partial charge on any atom is 0.329 e. The molecule has 1 heterocycles. The van der Waals surface area contributed by atoms with Gasteiger partial charge in [-0.3, -0.25) is 4.79 Å². The van der Waals surface area contributed by atoms with Crippen LogP contribution >= 0.6 is 0 Å². The van der Waals surface area contributed by atoms with Crippen LogP contribution in [0, 0.1) is 0 Å². The summed E-state index contributed by atoms with van der Waals surface area (Å²) in [5, 5.41) is 12.6. The molecule has 0 spiro atoms. The molecule has 21 heavy (non-hydrogen) atoms. The Bertz CT molecular complexity index is 554. The number of fused-ring (bicyclic) bond motifs is 1. The highest BCUT2D eigenvalue weighted by molar-refractivity contribution is 5.87. The number of para-hydroxylation sites is 1. The van der Waals surface area contributed by atoms with Crippen molar-refractivity contribution in [3.8, 4) is 0 Å². The molecule has 0 saturated carbocycles. The third-order valence-corrected chi connectivity index (χ3v) is 4.18. The SMILES string of the molecule is CCN(C(=O)CC1CNc2ccccc21)C(C)(C)C(=O)O. The van der Waals surface area contributed by atoms with E-state index in [-0.39, 0.29) is 11.8 Å². The van der Waals surface area contributed by atoms with Gasteiger partial charge < -0.3 is 15.3 Å². The summed E-state index contributed by atoms with van der Waals surface area (Å²) in [7, 11) is 0. The molecule has 0 aliphatic carbocycles. The number of nitrogens with one attached hydrogen (secondary N) is 1. The van der Waals surface area contributed by atoms with Gasteiger partial charge in [0, 0.05) is 31.1 Å². The molecule has 5 nitrogen and oxygen atoms in total. The van der Waals surface area contributed by atoms with Crippen LogP contribution in [0.15, 0.2) is 24.3 Å². The van der Waals surface area contributed by atoms with Gasteiger partial charge in [-0.05, 0) is 32.4 Å². The lowest BCUT2D eigenvalue weighted by Crippen LogP contribution is -2.53. The highest BCUT2D eigenvalue weighted by atomic mass is 16.4. The Morgan fingerprint density at radius 3 is 2.67 bits per heavy atom. The van der Waals surface area contributed by atoms with Crippen molar-refractivity contribution in [3.05, 3.63) is 29.8 Å². The van der Waals surface area contributed by atoms with E-state index in [1.807, 2.05) is 31.2 Å². The molecule has 0 bridgehead atoms. The van der Waals surface area contributed by atoms with E-state index >= 15 is 0 Å². The number of nitrogens with zero attached hydrogens (tertiary/aromatic N) is 1. The van der Waals surface area contributed by atoms with Crippen LogP contribution in [0.25, 0.3) is 0 Å². The highest BCUT2D eigenvalue weighted by Crippen LogP contribution is 2.34. The molecule has 0 saturated heterocycles. The van der Waals surface area contributed by atoms with Crippen LogP contribution in [-0.4, -0.2) is 40.5 Å². The highest BCUT2D eigenvalue weighted by Gasteiger charge is 2.38. The Morgan fingerprint density at radius 1 is 1.38 bits per heavy atom. The molecule has 0 fully saturated rings. The minimum absolute atomic E-state index is 0.104. The molecule has 5 heteroatoms. The second kappa shape index (κ2) is 5.76. The lowest BCUT2D eigenvalue weighted by molar-refractivity contribution is -0.156. The topological polar surface area (TPSA) is 69.6 Å². The van der Waals surface area contributed by atoms with E-state index in [9.17, 15) is 14.7 Å². The zero-order chi connectivity index (χ0) is 15.6. The van der Waals surface area contributed by atoms with Gasteiger partial charge in [0.15, 0.2) is 0 Å². The second-order valence-electron chi connectivity index (χ2n) is 5.87. The van der Waals surface area contributed by atoms with Gasteiger partial charge in [0.05, 0.1) is 0 Å². The number of carboxylic acids is 1. The number of anilines is 1. The Morgan fingerprint density at radius 2 is 2.05 bits per heavy atom. The van der Waals surface area contributed by atoms with E-state index < -0.39 is 11.5 Å². The van der Waals surface area contributed by atoms with Crippen molar-refractivity contribution in [3.63, 3.8) is 0 Å².